The zero-order valence-electron chi connectivity index (χ0n) is 9.52. The van der Waals surface area contributed by atoms with Crippen LogP contribution in [0.2, 0.25) is 0 Å². The van der Waals surface area contributed by atoms with Crippen molar-refractivity contribution in [1.82, 2.24) is 5.32 Å². The Hall–Kier alpha value is -0.900. The fourth-order valence-electron chi connectivity index (χ4n) is 2.27. The van der Waals surface area contributed by atoms with Gasteiger partial charge >= 0.3 is 0 Å². The van der Waals surface area contributed by atoms with Crippen molar-refractivity contribution in [3.63, 3.8) is 0 Å². The van der Waals surface area contributed by atoms with Crippen molar-refractivity contribution in [3.05, 3.63) is 35.4 Å². The van der Waals surface area contributed by atoms with E-state index in [-0.39, 0.29) is 6.10 Å². The summed E-state index contributed by atoms with van der Waals surface area (Å²) in [6.07, 6.45) is 1.63. The number of hydrogen-bond donors (Lipinski definition) is 3. The molecule has 0 spiro atoms. The Morgan fingerprint density at radius 2 is 2.12 bits per heavy atom. The molecule has 1 fully saturated rings. The van der Waals surface area contributed by atoms with E-state index in [1.165, 1.54) is 5.56 Å². The number of nitrogens with one attached hydrogen (secondary N) is 1. The molecule has 16 heavy (non-hydrogen) atoms. The second kappa shape index (κ2) is 5.43. The van der Waals surface area contributed by atoms with Gasteiger partial charge in [-0.3, -0.25) is 0 Å². The first-order valence-electron chi connectivity index (χ1n) is 5.99. The van der Waals surface area contributed by atoms with Gasteiger partial charge in [0.25, 0.3) is 0 Å². The van der Waals surface area contributed by atoms with Crippen LogP contribution in [0.4, 0.5) is 0 Å². The predicted molar refractivity (Wildman–Crippen MR) is 65.1 cm³/mol. The summed E-state index contributed by atoms with van der Waals surface area (Å²) < 4.78 is 0. The Kier molecular flexibility index (Phi) is 3.93. The minimum Gasteiger partial charge on any atom is -0.388 e. The van der Waals surface area contributed by atoms with Gasteiger partial charge < -0.3 is 16.2 Å². The molecule has 88 valence electrons. The van der Waals surface area contributed by atoms with Gasteiger partial charge in [0.05, 0.1) is 6.10 Å². The van der Waals surface area contributed by atoms with Crippen LogP contribution in [0, 0.1) is 5.92 Å². The van der Waals surface area contributed by atoms with Crippen LogP contribution in [0.3, 0.4) is 0 Å². The lowest BCUT2D eigenvalue weighted by Crippen LogP contribution is -2.16. The summed E-state index contributed by atoms with van der Waals surface area (Å²) in [6.45, 7) is 2.62. The van der Waals surface area contributed by atoms with E-state index in [1.807, 2.05) is 12.1 Å². The van der Waals surface area contributed by atoms with E-state index in [4.69, 9.17) is 5.73 Å². The van der Waals surface area contributed by atoms with Crippen molar-refractivity contribution in [2.24, 2.45) is 11.7 Å². The maximum Gasteiger partial charge on any atom is 0.0830 e. The van der Waals surface area contributed by atoms with Crippen molar-refractivity contribution >= 4 is 0 Å². The molecule has 1 aromatic rings. The summed E-state index contributed by atoms with van der Waals surface area (Å²) >= 11 is 0. The molecule has 1 saturated heterocycles. The first kappa shape index (κ1) is 11.6. The highest BCUT2D eigenvalue weighted by atomic mass is 16.3. The smallest absolute Gasteiger partial charge is 0.0830 e. The zero-order valence-corrected chi connectivity index (χ0v) is 9.52. The van der Waals surface area contributed by atoms with Crippen molar-refractivity contribution < 1.29 is 5.11 Å². The van der Waals surface area contributed by atoms with E-state index in [2.05, 4.69) is 17.4 Å². The van der Waals surface area contributed by atoms with Crippen LogP contribution < -0.4 is 11.1 Å². The third-order valence-electron chi connectivity index (χ3n) is 3.30. The van der Waals surface area contributed by atoms with Crippen LogP contribution in [-0.4, -0.2) is 24.7 Å². The minimum absolute atomic E-state index is 0.332. The second-order valence-electron chi connectivity index (χ2n) is 4.48. The van der Waals surface area contributed by atoms with E-state index in [0.717, 1.165) is 31.5 Å². The SMILES string of the molecule is NCCc1ccc(C(O)C2CCNC2)cc1. The maximum atomic E-state index is 10.2. The summed E-state index contributed by atoms with van der Waals surface area (Å²) in [5.74, 6) is 0.361. The number of aliphatic hydroxyl groups is 1. The normalized spacial score (nSPS) is 22.2. The van der Waals surface area contributed by atoms with Crippen LogP contribution in [0.15, 0.2) is 24.3 Å². The first-order chi connectivity index (χ1) is 7.81. The van der Waals surface area contributed by atoms with Gasteiger partial charge in [0.2, 0.25) is 0 Å². The van der Waals surface area contributed by atoms with E-state index in [0.29, 0.717) is 12.5 Å². The van der Waals surface area contributed by atoms with Crippen molar-refractivity contribution in [2.45, 2.75) is 18.9 Å². The Morgan fingerprint density at radius 1 is 1.38 bits per heavy atom. The number of aliphatic hydroxyl groups excluding tert-OH is 1. The van der Waals surface area contributed by atoms with Crippen molar-refractivity contribution in [3.8, 4) is 0 Å². The third kappa shape index (κ3) is 2.61. The molecular formula is C13H20N2O. The second-order valence-corrected chi connectivity index (χ2v) is 4.48. The Balaban J connectivity index is 2.02. The molecule has 3 nitrogen and oxygen atoms in total. The molecule has 0 aromatic heterocycles. The molecule has 0 aliphatic carbocycles. The average molecular weight is 220 g/mol. The molecule has 0 saturated carbocycles. The van der Waals surface area contributed by atoms with Crippen molar-refractivity contribution in [1.29, 1.82) is 0 Å². The molecule has 0 amide bonds. The molecule has 1 aliphatic heterocycles. The van der Waals surface area contributed by atoms with E-state index in [9.17, 15) is 5.11 Å². The van der Waals surface area contributed by atoms with Gasteiger partial charge in [-0.1, -0.05) is 24.3 Å². The largest absolute Gasteiger partial charge is 0.388 e. The Labute approximate surface area is 96.7 Å². The van der Waals surface area contributed by atoms with Crippen LogP contribution >= 0.6 is 0 Å². The Bertz CT molecular complexity index is 317. The fourth-order valence-corrected chi connectivity index (χ4v) is 2.27. The van der Waals surface area contributed by atoms with Gasteiger partial charge in [0.15, 0.2) is 0 Å². The predicted octanol–water partition coefficient (Wildman–Crippen LogP) is 0.831. The van der Waals surface area contributed by atoms with E-state index in [1.54, 1.807) is 0 Å². The zero-order chi connectivity index (χ0) is 11.4. The summed E-state index contributed by atoms with van der Waals surface area (Å²) in [6, 6.07) is 8.17. The van der Waals surface area contributed by atoms with Gasteiger partial charge in [-0.15, -0.1) is 0 Å². The fraction of sp³-hybridized carbons (Fsp3) is 0.538. The standard InChI is InChI=1S/C13H20N2O/c14-7-5-10-1-3-11(4-2-10)13(16)12-6-8-15-9-12/h1-4,12-13,15-16H,5-9,14H2. The number of nitrogens with two attached hydrogens (primary N) is 1. The minimum atomic E-state index is -0.332. The lowest BCUT2D eigenvalue weighted by Gasteiger charge is -2.17. The maximum absolute atomic E-state index is 10.2. The number of hydrogen-bond acceptors (Lipinski definition) is 3. The summed E-state index contributed by atoms with van der Waals surface area (Å²) in [5.41, 5.74) is 7.76. The molecule has 2 rings (SSSR count). The molecular weight excluding hydrogens is 200 g/mol. The average Bonchev–Trinajstić information content (AvgIpc) is 2.83. The summed E-state index contributed by atoms with van der Waals surface area (Å²) in [7, 11) is 0. The van der Waals surface area contributed by atoms with Gasteiger partial charge in [0, 0.05) is 12.5 Å². The lowest BCUT2D eigenvalue weighted by atomic mass is 9.94. The molecule has 2 unspecified atom stereocenters. The van der Waals surface area contributed by atoms with Gasteiger partial charge in [-0.2, -0.15) is 0 Å². The van der Waals surface area contributed by atoms with E-state index < -0.39 is 0 Å². The van der Waals surface area contributed by atoms with E-state index >= 15 is 0 Å². The van der Waals surface area contributed by atoms with Crippen LogP contribution in [-0.2, 0) is 6.42 Å². The molecule has 0 radical (unpaired) electrons. The van der Waals surface area contributed by atoms with Gasteiger partial charge in [-0.05, 0) is 37.1 Å². The highest BCUT2D eigenvalue weighted by Crippen LogP contribution is 2.26. The molecule has 2 atom stereocenters. The highest BCUT2D eigenvalue weighted by molar-refractivity contribution is 5.25. The van der Waals surface area contributed by atoms with Gasteiger partial charge in [-0.25, -0.2) is 0 Å². The lowest BCUT2D eigenvalue weighted by molar-refractivity contribution is 0.118. The summed E-state index contributed by atoms with van der Waals surface area (Å²) in [5, 5.41) is 13.5. The van der Waals surface area contributed by atoms with Crippen LogP contribution in [0.25, 0.3) is 0 Å². The molecule has 1 heterocycles. The monoisotopic (exact) mass is 220 g/mol. The van der Waals surface area contributed by atoms with Gasteiger partial charge in [0.1, 0.15) is 0 Å². The molecule has 3 heteroatoms. The molecule has 4 N–H and O–H groups in total. The molecule has 0 bridgehead atoms. The first-order valence-corrected chi connectivity index (χ1v) is 5.99. The molecule has 1 aromatic carbocycles. The van der Waals surface area contributed by atoms with Crippen LogP contribution in [0.5, 0.6) is 0 Å². The highest BCUT2D eigenvalue weighted by Gasteiger charge is 2.23. The number of rotatable bonds is 4. The number of benzene rings is 1. The Morgan fingerprint density at radius 3 is 2.69 bits per heavy atom. The van der Waals surface area contributed by atoms with Crippen LogP contribution in [0.1, 0.15) is 23.7 Å². The topological polar surface area (TPSA) is 58.3 Å². The molecule has 1 aliphatic rings. The van der Waals surface area contributed by atoms with Crippen molar-refractivity contribution in [2.75, 3.05) is 19.6 Å². The quantitative estimate of drug-likeness (QED) is 0.704. The summed E-state index contributed by atoms with van der Waals surface area (Å²) in [4.78, 5) is 0. The third-order valence-corrected chi connectivity index (χ3v) is 3.30.